The van der Waals surface area contributed by atoms with Gasteiger partial charge in [-0.25, -0.2) is 9.78 Å². The quantitative estimate of drug-likeness (QED) is 0.739. The number of nitrogens with one attached hydrogen (secondary N) is 2. The van der Waals surface area contributed by atoms with Gasteiger partial charge in [-0.3, -0.25) is 0 Å². The van der Waals surface area contributed by atoms with Crippen molar-refractivity contribution in [2.75, 3.05) is 10.6 Å². The van der Waals surface area contributed by atoms with Crippen molar-refractivity contribution in [2.45, 2.75) is 31.6 Å². The van der Waals surface area contributed by atoms with E-state index in [1.807, 2.05) is 41.1 Å². The maximum absolute atomic E-state index is 12.2. The molecule has 2 aromatic heterocycles. The summed E-state index contributed by atoms with van der Waals surface area (Å²) in [6.07, 6.45) is 10.5. The highest BCUT2D eigenvalue weighted by atomic mass is 16.2. The van der Waals surface area contributed by atoms with Crippen LogP contribution in [0, 0.1) is 0 Å². The number of pyridine rings is 1. The van der Waals surface area contributed by atoms with Crippen molar-refractivity contribution in [3.8, 4) is 0 Å². The maximum Gasteiger partial charge on any atom is 0.323 e. The molecule has 1 aliphatic rings. The van der Waals surface area contributed by atoms with E-state index in [0.717, 1.165) is 17.0 Å². The number of aromatic nitrogens is 2. The first-order chi connectivity index (χ1) is 11.8. The molecule has 2 N–H and O–H groups in total. The molecule has 3 aromatic rings. The maximum atomic E-state index is 12.2. The van der Waals surface area contributed by atoms with Gasteiger partial charge >= 0.3 is 6.03 Å². The number of urea groups is 1. The smallest absolute Gasteiger partial charge is 0.308 e. The lowest BCUT2D eigenvalue weighted by Crippen LogP contribution is -2.19. The fourth-order valence-electron chi connectivity index (χ4n) is 3.42. The van der Waals surface area contributed by atoms with Crippen LogP contribution in [0.15, 0.2) is 55.0 Å². The molecule has 0 saturated heterocycles. The second-order valence-corrected chi connectivity index (χ2v) is 6.30. The summed E-state index contributed by atoms with van der Waals surface area (Å²) in [5.41, 5.74) is 3.74. The van der Waals surface area contributed by atoms with Gasteiger partial charge in [-0.2, -0.15) is 0 Å². The number of nitrogens with zero attached hydrogens (tertiary/aromatic N) is 2. The molecule has 1 aliphatic carbocycles. The monoisotopic (exact) mass is 320 g/mol. The van der Waals surface area contributed by atoms with E-state index < -0.39 is 0 Å². The van der Waals surface area contributed by atoms with Crippen molar-refractivity contribution < 1.29 is 4.79 Å². The Kier molecular flexibility index (Phi) is 3.91. The largest absolute Gasteiger partial charge is 0.323 e. The lowest BCUT2D eigenvalue weighted by Gasteiger charge is -2.12. The van der Waals surface area contributed by atoms with Crippen molar-refractivity contribution in [1.29, 1.82) is 0 Å². The molecule has 5 heteroatoms. The second kappa shape index (κ2) is 6.35. The van der Waals surface area contributed by atoms with Gasteiger partial charge in [0.25, 0.3) is 0 Å². The second-order valence-electron chi connectivity index (χ2n) is 6.30. The van der Waals surface area contributed by atoms with E-state index in [2.05, 4.69) is 27.8 Å². The van der Waals surface area contributed by atoms with Gasteiger partial charge in [0, 0.05) is 24.3 Å². The van der Waals surface area contributed by atoms with Gasteiger partial charge in [-0.1, -0.05) is 25.0 Å². The summed E-state index contributed by atoms with van der Waals surface area (Å²) < 4.78 is 1.87. The summed E-state index contributed by atoms with van der Waals surface area (Å²) in [4.78, 5) is 16.4. The lowest BCUT2D eigenvalue weighted by molar-refractivity contribution is 0.262. The summed E-state index contributed by atoms with van der Waals surface area (Å²) in [6.45, 7) is 0. The van der Waals surface area contributed by atoms with E-state index in [0.29, 0.717) is 5.92 Å². The number of carbonyl (C=O) groups excluding carboxylic acids is 1. The zero-order valence-electron chi connectivity index (χ0n) is 13.4. The summed E-state index contributed by atoms with van der Waals surface area (Å²) >= 11 is 0. The molecule has 0 spiro atoms. The number of benzene rings is 1. The average molecular weight is 320 g/mol. The first-order valence-corrected chi connectivity index (χ1v) is 8.39. The molecule has 1 aromatic carbocycles. The van der Waals surface area contributed by atoms with Crippen molar-refractivity contribution in [2.24, 2.45) is 0 Å². The third kappa shape index (κ3) is 3.11. The Hall–Kier alpha value is -2.82. The third-order valence-corrected chi connectivity index (χ3v) is 4.62. The van der Waals surface area contributed by atoms with E-state index in [9.17, 15) is 4.79 Å². The molecule has 0 unspecified atom stereocenters. The van der Waals surface area contributed by atoms with Crippen LogP contribution in [0.25, 0.3) is 5.65 Å². The molecule has 2 amide bonds. The number of carbonyl (C=O) groups is 1. The van der Waals surface area contributed by atoms with E-state index in [1.165, 1.54) is 31.2 Å². The highest BCUT2D eigenvalue weighted by Gasteiger charge is 2.17. The molecule has 4 rings (SSSR count). The van der Waals surface area contributed by atoms with Gasteiger partial charge in [0.1, 0.15) is 5.65 Å². The van der Waals surface area contributed by atoms with Crippen LogP contribution in [0.4, 0.5) is 16.2 Å². The molecule has 1 saturated carbocycles. The predicted octanol–water partition coefficient (Wildman–Crippen LogP) is 4.64. The van der Waals surface area contributed by atoms with Crippen molar-refractivity contribution in [3.63, 3.8) is 0 Å². The Morgan fingerprint density at radius 2 is 1.92 bits per heavy atom. The molecule has 5 nitrogen and oxygen atoms in total. The van der Waals surface area contributed by atoms with Crippen LogP contribution >= 0.6 is 0 Å². The Morgan fingerprint density at radius 1 is 1.08 bits per heavy atom. The van der Waals surface area contributed by atoms with Gasteiger partial charge in [-0.05, 0) is 48.6 Å². The number of rotatable bonds is 3. The molecule has 0 bridgehead atoms. The highest BCUT2D eigenvalue weighted by Crippen LogP contribution is 2.34. The molecule has 2 heterocycles. The van der Waals surface area contributed by atoms with Crippen LogP contribution in [-0.2, 0) is 0 Å². The van der Waals surface area contributed by atoms with Crippen LogP contribution in [0.1, 0.15) is 37.2 Å². The Labute approximate surface area is 140 Å². The fourth-order valence-corrected chi connectivity index (χ4v) is 3.42. The summed E-state index contributed by atoms with van der Waals surface area (Å²) in [6, 6.07) is 11.7. The number of anilines is 2. The van der Waals surface area contributed by atoms with Crippen LogP contribution in [0.2, 0.25) is 0 Å². The normalized spacial score (nSPS) is 14.8. The van der Waals surface area contributed by atoms with Gasteiger partial charge in [0.15, 0.2) is 0 Å². The van der Waals surface area contributed by atoms with E-state index in [-0.39, 0.29) is 6.03 Å². The Morgan fingerprint density at radius 3 is 2.79 bits per heavy atom. The van der Waals surface area contributed by atoms with Crippen LogP contribution < -0.4 is 10.6 Å². The number of amides is 2. The number of hydrogen-bond acceptors (Lipinski definition) is 2. The highest BCUT2D eigenvalue weighted by molar-refractivity contribution is 5.99. The molecule has 0 atom stereocenters. The summed E-state index contributed by atoms with van der Waals surface area (Å²) in [5.74, 6) is 0.637. The molecule has 1 fully saturated rings. The minimum atomic E-state index is -0.238. The Bertz CT molecular complexity index is 864. The van der Waals surface area contributed by atoms with Crippen molar-refractivity contribution >= 4 is 23.1 Å². The molecule has 0 aliphatic heterocycles. The standard InChI is InChI=1S/C19H20N4O/c24-19(22-17-8-9-18-20-10-11-23(18)13-17)21-16-7-3-6-15(12-16)14-4-1-2-5-14/h3,6-14H,1-2,4-5H2,(H2,21,22,24). The molecule has 122 valence electrons. The summed E-state index contributed by atoms with van der Waals surface area (Å²) in [7, 11) is 0. The fraction of sp³-hybridized carbons (Fsp3) is 0.263. The third-order valence-electron chi connectivity index (χ3n) is 4.62. The zero-order chi connectivity index (χ0) is 16.4. The van der Waals surface area contributed by atoms with E-state index in [4.69, 9.17) is 0 Å². The van der Waals surface area contributed by atoms with Crippen LogP contribution in [0.3, 0.4) is 0 Å². The van der Waals surface area contributed by atoms with Crippen LogP contribution in [0.5, 0.6) is 0 Å². The van der Waals surface area contributed by atoms with Crippen molar-refractivity contribution in [1.82, 2.24) is 9.38 Å². The Balaban J connectivity index is 1.44. The minimum Gasteiger partial charge on any atom is -0.308 e. The van der Waals surface area contributed by atoms with Crippen LogP contribution in [-0.4, -0.2) is 15.4 Å². The van der Waals surface area contributed by atoms with E-state index >= 15 is 0 Å². The molecule has 0 radical (unpaired) electrons. The number of fused-ring (bicyclic) bond motifs is 1. The molecule has 24 heavy (non-hydrogen) atoms. The molecular weight excluding hydrogens is 300 g/mol. The topological polar surface area (TPSA) is 58.4 Å². The number of hydrogen-bond donors (Lipinski definition) is 2. The average Bonchev–Trinajstić information content (AvgIpc) is 3.26. The van der Waals surface area contributed by atoms with Gasteiger partial charge in [-0.15, -0.1) is 0 Å². The van der Waals surface area contributed by atoms with Gasteiger partial charge < -0.3 is 15.0 Å². The van der Waals surface area contributed by atoms with Crippen molar-refractivity contribution in [3.05, 3.63) is 60.6 Å². The van der Waals surface area contributed by atoms with E-state index in [1.54, 1.807) is 6.20 Å². The van der Waals surface area contributed by atoms with Gasteiger partial charge in [0.05, 0.1) is 5.69 Å². The number of imidazole rings is 1. The summed E-state index contributed by atoms with van der Waals surface area (Å²) in [5, 5.41) is 5.78. The predicted molar refractivity (Wildman–Crippen MR) is 95.5 cm³/mol. The first-order valence-electron chi connectivity index (χ1n) is 8.39. The SMILES string of the molecule is O=C(Nc1cccc(C2CCCC2)c1)Nc1ccc2nccn2c1. The molecular formula is C19H20N4O. The zero-order valence-corrected chi connectivity index (χ0v) is 13.4. The lowest BCUT2D eigenvalue weighted by atomic mass is 9.97. The van der Waals surface area contributed by atoms with Gasteiger partial charge in [0.2, 0.25) is 0 Å². The first kappa shape index (κ1) is 14.8. The minimum absolute atomic E-state index is 0.238.